The van der Waals surface area contributed by atoms with Crippen LogP contribution >= 0.6 is 0 Å². The molecule has 124 valence electrons. The summed E-state index contributed by atoms with van der Waals surface area (Å²) in [4.78, 5) is 13.3. The Bertz CT molecular complexity index is 407. The van der Waals surface area contributed by atoms with Crippen LogP contribution in [-0.2, 0) is 4.79 Å². The van der Waals surface area contributed by atoms with Crippen molar-refractivity contribution in [2.45, 2.75) is 66.2 Å². The Morgan fingerprint density at radius 2 is 1.14 bits per heavy atom. The molecule has 0 radical (unpaired) electrons. The molecule has 0 bridgehead atoms. The standard InChI is InChI=1S/C21H34O/c1-13(2)17-9-7-15(5)19(11-17)21(22)20-12-18(14(3)4)10-8-16(20)6/h15-20H,1,3,7-12H2,2,4-6H3/t15?,16?,17-,18-,19?,20?/m1/s1. The van der Waals surface area contributed by atoms with Crippen molar-refractivity contribution in [1.29, 1.82) is 0 Å². The summed E-state index contributed by atoms with van der Waals surface area (Å²) in [7, 11) is 0. The average Bonchev–Trinajstić information content (AvgIpc) is 2.47. The van der Waals surface area contributed by atoms with E-state index in [2.05, 4.69) is 40.9 Å². The van der Waals surface area contributed by atoms with E-state index < -0.39 is 0 Å². The van der Waals surface area contributed by atoms with Crippen molar-refractivity contribution < 1.29 is 4.79 Å². The summed E-state index contributed by atoms with van der Waals surface area (Å²) >= 11 is 0. The van der Waals surface area contributed by atoms with E-state index in [1.54, 1.807) is 0 Å². The summed E-state index contributed by atoms with van der Waals surface area (Å²) in [5.41, 5.74) is 2.53. The van der Waals surface area contributed by atoms with Crippen molar-refractivity contribution in [3.8, 4) is 0 Å². The molecule has 0 saturated heterocycles. The molecule has 1 heteroatoms. The second-order valence-electron chi connectivity index (χ2n) is 8.28. The van der Waals surface area contributed by atoms with Gasteiger partial charge in [-0.25, -0.2) is 0 Å². The molecule has 1 nitrogen and oxygen atoms in total. The van der Waals surface area contributed by atoms with Gasteiger partial charge in [-0.05, 0) is 76.0 Å². The van der Waals surface area contributed by atoms with E-state index in [4.69, 9.17) is 0 Å². The Hall–Kier alpha value is -0.850. The highest BCUT2D eigenvalue weighted by atomic mass is 16.1. The monoisotopic (exact) mass is 302 g/mol. The SMILES string of the molecule is C=C(C)[C@@H]1CCC(C)C(C(=O)C2C[C@H](C(=C)C)CCC2C)C1. The molecule has 0 spiro atoms. The second-order valence-corrected chi connectivity index (χ2v) is 8.28. The molecular weight excluding hydrogens is 268 g/mol. The van der Waals surface area contributed by atoms with Crippen LogP contribution in [0.25, 0.3) is 0 Å². The Labute approximate surface area is 137 Å². The smallest absolute Gasteiger partial charge is 0.139 e. The van der Waals surface area contributed by atoms with E-state index in [1.807, 2.05) is 0 Å². The summed E-state index contributed by atoms with van der Waals surface area (Å²) < 4.78 is 0. The predicted octanol–water partition coefficient (Wildman–Crippen LogP) is 5.81. The highest BCUT2D eigenvalue weighted by molar-refractivity contribution is 5.84. The lowest BCUT2D eigenvalue weighted by Gasteiger charge is -2.40. The Balaban J connectivity index is 2.10. The predicted molar refractivity (Wildman–Crippen MR) is 94.6 cm³/mol. The van der Waals surface area contributed by atoms with Gasteiger partial charge >= 0.3 is 0 Å². The number of carbonyl (C=O) groups excluding carboxylic acids is 1. The molecule has 2 aliphatic carbocycles. The van der Waals surface area contributed by atoms with Gasteiger partial charge in [0.1, 0.15) is 5.78 Å². The average molecular weight is 303 g/mol. The zero-order valence-electron chi connectivity index (χ0n) is 15.0. The topological polar surface area (TPSA) is 17.1 Å². The molecule has 0 aromatic rings. The van der Waals surface area contributed by atoms with Crippen LogP contribution in [0.15, 0.2) is 24.3 Å². The second kappa shape index (κ2) is 7.15. The third-order valence-electron chi connectivity index (χ3n) is 6.52. The largest absolute Gasteiger partial charge is 0.299 e. The van der Waals surface area contributed by atoms with E-state index >= 15 is 0 Å². The van der Waals surface area contributed by atoms with E-state index in [-0.39, 0.29) is 11.8 Å². The zero-order valence-corrected chi connectivity index (χ0v) is 15.0. The van der Waals surface area contributed by atoms with Crippen molar-refractivity contribution in [1.82, 2.24) is 0 Å². The van der Waals surface area contributed by atoms with Crippen LogP contribution in [0, 0.1) is 35.5 Å². The van der Waals surface area contributed by atoms with Gasteiger partial charge in [0, 0.05) is 11.8 Å². The van der Waals surface area contributed by atoms with E-state index in [1.165, 1.54) is 36.8 Å². The third-order valence-corrected chi connectivity index (χ3v) is 6.52. The van der Waals surface area contributed by atoms with Gasteiger partial charge in [0.25, 0.3) is 0 Å². The minimum absolute atomic E-state index is 0.256. The van der Waals surface area contributed by atoms with E-state index in [0.29, 0.717) is 29.5 Å². The number of hydrogen-bond acceptors (Lipinski definition) is 1. The van der Waals surface area contributed by atoms with Crippen LogP contribution in [0.5, 0.6) is 0 Å². The maximum absolute atomic E-state index is 13.3. The molecule has 6 atom stereocenters. The number of rotatable bonds is 4. The molecule has 0 amide bonds. The first-order valence-electron chi connectivity index (χ1n) is 9.15. The van der Waals surface area contributed by atoms with Crippen LogP contribution in [0.2, 0.25) is 0 Å². The number of Topliss-reactive ketones (excluding diaryl/α,β-unsaturated/α-hetero) is 1. The molecule has 2 aliphatic rings. The van der Waals surface area contributed by atoms with Gasteiger partial charge in [-0.1, -0.05) is 38.2 Å². The number of allylic oxidation sites excluding steroid dienone is 2. The van der Waals surface area contributed by atoms with Gasteiger partial charge < -0.3 is 0 Å². The van der Waals surface area contributed by atoms with E-state index in [9.17, 15) is 4.79 Å². The lowest BCUT2D eigenvalue weighted by Crippen LogP contribution is -2.38. The summed E-state index contributed by atoms with van der Waals surface area (Å²) in [5, 5.41) is 0. The highest BCUT2D eigenvalue weighted by Gasteiger charge is 2.40. The van der Waals surface area contributed by atoms with Crippen molar-refractivity contribution in [3.05, 3.63) is 24.3 Å². The Morgan fingerprint density at radius 1 is 0.773 bits per heavy atom. The molecular formula is C21H34O. The zero-order chi connectivity index (χ0) is 16.4. The third kappa shape index (κ3) is 3.73. The van der Waals surface area contributed by atoms with Gasteiger partial charge in [0.05, 0.1) is 0 Å². The first-order chi connectivity index (χ1) is 10.3. The first kappa shape index (κ1) is 17.5. The van der Waals surface area contributed by atoms with Gasteiger partial charge in [-0.15, -0.1) is 0 Å². The minimum atomic E-state index is 0.256. The van der Waals surface area contributed by atoms with Gasteiger partial charge in [0.2, 0.25) is 0 Å². The molecule has 2 saturated carbocycles. The highest BCUT2D eigenvalue weighted by Crippen LogP contribution is 2.43. The van der Waals surface area contributed by atoms with Crippen molar-refractivity contribution in [2.75, 3.05) is 0 Å². The van der Waals surface area contributed by atoms with Crippen LogP contribution in [0.3, 0.4) is 0 Å². The fraction of sp³-hybridized carbons (Fsp3) is 0.762. The molecule has 0 N–H and O–H groups in total. The lowest BCUT2D eigenvalue weighted by molar-refractivity contribution is -0.133. The van der Waals surface area contributed by atoms with Gasteiger partial charge in [-0.3, -0.25) is 4.79 Å². The Kier molecular flexibility index (Phi) is 5.69. The molecule has 2 rings (SSSR count). The van der Waals surface area contributed by atoms with Crippen LogP contribution in [0.4, 0.5) is 0 Å². The molecule has 4 unspecified atom stereocenters. The Morgan fingerprint density at radius 3 is 1.45 bits per heavy atom. The first-order valence-corrected chi connectivity index (χ1v) is 9.15. The molecule has 2 fully saturated rings. The van der Waals surface area contributed by atoms with Crippen LogP contribution < -0.4 is 0 Å². The molecule has 0 aromatic carbocycles. The number of carbonyl (C=O) groups is 1. The number of hydrogen-bond donors (Lipinski definition) is 0. The number of ketones is 1. The molecule has 22 heavy (non-hydrogen) atoms. The minimum Gasteiger partial charge on any atom is -0.299 e. The van der Waals surface area contributed by atoms with Gasteiger partial charge in [-0.2, -0.15) is 0 Å². The summed E-state index contributed by atoms with van der Waals surface area (Å²) in [6, 6.07) is 0. The summed E-state index contributed by atoms with van der Waals surface area (Å²) in [6.45, 7) is 17.1. The van der Waals surface area contributed by atoms with Crippen LogP contribution in [-0.4, -0.2) is 5.78 Å². The molecule has 0 aromatic heterocycles. The van der Waals surface area contributed by atoms with Crippen LogP contribution in [0.1, 0.15) is 66.2 Å². The lowest BCUT2D eigenvalue weighted by atomic mass is 9.64. The van der Waals surface area contributed by atoms with Crippen molar-refractivity contribution >= 4 is 5.78 Å². The fourth-order valence-electron chi connectivity index (χ4n) is 4.61. The summed E-state index contributed by atoms with van der Waals surface area (Å²) in [6.07, 6.45) is 6.87. The molecule has 0 aliphatic heterocycles. The molecule has 0 heterocycles. The van der Waals surface area contributed by atoms with E-state index in [0.717, 1.165) is 12.8 Å². The van der Waals surface area contributed by atoms with Crippen molar-refractivity contribution in [2.24, 2.45) is 35.5 Å². The van der Waals surface area contributed by atoms with Crippen molar-refractivity contribution in [3.63, 3.8) is 0 Å². The maximum atomic E-state index is 13.3. The van der Waals surface area contributed by atoms with Gasteiger partial charge in [0.15, 0.2) is 0 Å². The normalized spacial score (nSPS) is 39.3. The maximum Gasteiger partial charge on any atom is 0.139 e. The fourth-order valence-corrected chi connectivity index (χ4v) is 4.61. The quantitative estimate of drug-likeness (QED) is 0.599. The summed E-state index contributed by atoms with van der Waals surface area (Å²) in [5.74, 6) is 3.26.